The molecule has 0 spiro atoms. The number of carbonyl (C=O) groups excluding carboxylic acids is 1. The first-order valence-electron chi connectivity index (χ1n) is 6.82. The van der Waals surface area contributed by atoms with Crippen LogP contribution < -0.4 is 10.1 Å². The Bertz CT molecular complexity index is 696. The average Bonchev–Trinajstić information content (AvgIpc) is 2.90. The summed E-state index contributed by atoms with van der Waals surface area (Å²) in [7, 11) is 3.03. The number of carbonyl (C=O) groups is 1. The second kappa shape index (κ2) is 6.72. The molecule has 124 valence electrons. The van der Waals surface area contributed by atoms with Crippen molar-refractivity contribution in [3.05, 3.63) is 41.7 Å². The Morgan fingerprint density at radius 3 is 2.70 bits per heavy atom. The highest BCUT2D eigenvalue weighted by atomic mass is 19.4. The molecule has 1 amide bonds. The first-order valence-corrected chi connectivity index (χ1v) is 6.82. The van der Waals surface area contributed by atoms with Crippen molar-refractivity contribution in [2.24, 2.45) is 7.05 Å². The lowest BCUT2D eigenvalue weighted by atomic mass is 10.1. The lowest BCUT2D eigenvalue weighted by Crippen LogP contribution is -2.17. The molecule has 23 heavy (non-hydrogen) atoms. The molecule has 0 aliphatic rings. The van der Waals surface area contributed by atoms with Gasteiger partial charge >= 0.3 is 6.18 Å². The Balaban J connectivity index is 2.08. The fourth-order valence-electron chi connectivity index (χ4n) is 2.07. The van der Waals surface area contributed by atoms with Crippen molar-refractivity contribution in [1.29, 1.82) is 0 Å². The summed E-state index contributed by atoms with van der Waals surface area (Å²) in [6.45, 7) is 0. The van der Waals surface area contributed by atoms with Crippen LogP contribution in [-0.4, -0.2) is 22.8 Å². The molecule has 2 aromatic rings. The largest absolute Gasteiger partial charge is 0.497 e. The minimum absolute atomic E-state index is 0.0645. The van der Waals surface area contributed by atoms with Gasteiger partial charge in [0, 0.05) is 19.7 Å². The minimum atomic E-state index is -4.58. The number of amides is 1. The monoisotopic (exact) mass is 327 g/mol. The summed E-state index contributed by atoms with van der Waals surface area (Å²) in [4.78, 5) is 11.9. The highest BCUT2D eigenvalue weighted by Gasteiger charge is 2.34. The number of nitrogens with zero attached hydrogens (tertiary/aromatic N) is 2. The van der Waals surface area contributed by atoms with Crippen molar-refractivity contribution in [2.45, 2.75) is 19.0 Å². The number of rotatable bonds is 5. The van der Waals surface area contributed by atoms with Crippen LogP contribution in [0.5, 0.6) is 5.75 Å². The molecule has 0 aliphatic carbocycles. The van der Waals surface area contributed by atoms with Gasteiger partial charge in [0.25, 0.3) is 0 Å². The molecule has 0 aliphatic heterocycles. The quantitative estimate of drug-likeness (QED) is 0.918. The summed E-state index contributed by atoms with van der Waals surface area (Å²) >= 11 is 0. The number of nitrogens with one attached hydrogen (secondary N) is 1. The van der Waals surface area contributed by atoms with Gasteiger partial charge in [-0.05, 0) is 30.2 Å². The number of methoxy groups -OCH3 is 1. The molecule has 0 saturated carbocycles. The molecule has 0 saturated heterocycles. The molecule has 1 aromatic heterocycles. The van der Waals surface area contributed by atoms with E-state index in [0.29, 0.717) is 6.42 Å². The van der Waals surface area contributed by atoms with Gasteiger partial charge in [0.1, 0.15) is 5.75 Å². The normalized spacial score (nSPS) is 11.3. The van der Waals surface area contributed by atoms with E-state index in [1.165, 1.54) is 19.2 Å². The molecule has 1 aromatic carbocycles. The smallest absolute Gasteiger partial charge is 0.418 e. The Labute approximate surface area is 131 Å². The Kier molecular flexibility index (Phi) is 4.92. The van der Waals surface area contributed by atoms with Gasteiger partial charge in [-0.1, -0.05) is 0 Å². The first-order chi connectivity index (χ1) is 10.8. The third-order valence-electron chi connectivity index (χ3n) is 3.21. The number of ether oxygens (including phenoxy) is 1. The SMILES string of the molecule is COc1ccc(NC(=O)CCc2cnn(C)c2)c(C(F)(F)F)c1. The average molecular weight is 327 g/mol. The molecule has 5 nitrogen and oxygen atoms in total. The highest BCUT2D eigenvalue weighted by molar-refractivity contribution is 5.91. The summed E-state index contributed by atoms with van der Waals surface area (Å²) in [5.74, 6) is -0.421. The third kappa shape index (κ3) is 4.48. The zero-order valence-electron chi connectivity index (χ0n) is 12.6. The van der Waals surface area contributed by atoms with E-state index in [1.54, 1.807) is 24.1 Å². The van der Waals surface area contributed by atoms with E-state index in [4.69, 9.17) is 4.74 Å². The van der Waals surface area contributed by atoms with Crippen LogP contribution in [0, 0.1) is 0 Å². The van der Waals surface area contributed by atoms with E-state index in [2.05, 4.69) is 10.4 Å². The zero-order chi connectivity index (χ0) is 17.0. The van der Waals surface area contributed by atoms with Crippen molar-refractivity contribution in [1.82, 2.24) is 9.78 Å². The summed E-state index contributed by atoms with van der Waals surface area (Å²) in [6, 6.07) is 3.41. The minimum Gasteiger partial charge on any atom is -0.497 e. The van der Waals surface area contributed by atoms with Crippen LogP contribution in [0.4, 0.5) is 18.9 Å². The van der Waals surface area contributed by atoms with Gasteiger partial charge in [0.05, 0.1) is 24.6 Å². The summed E-state index contributed by atoms with van der Waals surface area (Å²) in [5.41, 5.74) is -0.380. The number of aryl methyl sites for hydroxylation is 2. The number of anilines is 1. The molecule has 1 N–H and O–H groups in total. The van der Waals surface area contributed by atoms with Gasteiger partial charge in [0.2, 0.25) is 5.91 Å². The van der Waals surface area contributed by atoms with Gasteiger partial charge in [0.15, 0.2) is 0 Å². The fraction of sp³-hybridized carbons (Fsp3) is 0.333. The second-order valence-corrected chi connectivity index (χ2v) is 4.98. The predicted molar refractivity (Wildman–Crippen MR) is 78.2 cm³/mol. The fourth-order valence-corrected chi connectivity index (χ4v) is 2.07. The van der Waals surface area contributed by atoms with E-state index in [-0.39, 0.29) is 17.9 Å². The van der Waals surface area contributed by atoms with Crippen molar-refractivity contribution in [2.75, 3.05) is 12.4 Å². The van der Waals surface area contributed by atoms with Gasteiger partial charge < -0.3 is 10.1 Å². The van der Waals surface area contributed by atoms with Crippen LogP contribution in [0.2, 0.25) is 0 Å². The van der Waals surface area contributed by atoms with E-state index in [0.717, 1.165) is 11.6 Å². The number of alkyl halides is 3. The molecule has 0 atom stereocenters. The van der Waals surface area contributed by atoms with Gasteiger partial charge in [-0.3, -0.25) is 9.48 Å². The van der Waals surface area contributed by atoms with E-state index in [9.17, 15) is 18.0 Å². The molecule has 0 unspecified atom stereocenters. The van der Waals surface area contributed by atoms with Gasteiger partial charge in [-0.2, -0.15) is 18.3 Å². The summed E-state index contributed by atoms with van der Waals surface area (Å²) in [6.07, 6.45) is -0.754. The standard InChI is InChI=1S/C15H16F3N3O2/c1-21-9-10(8-19-21)3-6-14(22)20-13-5-4-11(23-2)7-12(13)15(16,17)18/h4-5,7-9H,3,6H2,1-2H3,(H,20,22). The predicted octanol–water partition coefficient (Wildman–Crippen LogP) is 3.02. The van der Waals surface area contributed by atoms with Gasteiger partial charge in [-0.15, -0.1) is 0 Å². The van der Waals surface area contributed by atoms with Crippen LogP contribution in [0.3, 0.4) is 0 Å². The molecular weight excluding hydrogens is 311 g/mol. The maximum atomic E-state index is 13.1. The molecule has 0 fully saturated rings. The Hall–Kier alpha value is -2.51. The topological polar surface area (TPSA) is 56.1 Å². The number of benzene rings is 1. The molecular formula is C15H16F3N3O2. The van der Waals surface area contributed by atoms with E-state index >= 15 is 0 Å². The highest BCUT2D eigenvalue weighted by Crippen LogP contribution is 2.37. The number of hydrogen-bond acceptors (Lipinski definition) is 3. The van der Waals surface area contributed by atoms with Crippen molar-refractivity contribution < 1.29 is 22.7 Å². The Morgan fingerprint density at radius 2 is 2.13 bits per heavy atom. The van der Waals surface area contributed by atoms with E-state index in [1.807, 2.05) is 0 Å². The summed E-state index contributed by atoms with van der Waals surface area (Å²) in [5, 5.41) is 6.27. The maximum Gasteiger partial charge on any atom is 0.418 e. The third-order valence-corrected chi connectivity index (χ3v) is 3.21. The number of aromatic nitrogens is 2. The molecule has 1 heterocycles. The summed E-state index contributed by atoms with van der Waals surface area (Å²) < 4.78 is 45.5. The Morgan fingerprint density at radius 1 is 1.39 bits per heavy atom. The number of halogens is 3. The van der Waals surface area contributed by atoms with Crippen molar-refractivity contribution in [3.63, 3.8) is 0 Å². The van der Waals surface area contributed by atoms with Crippen LogP contribution in [0.1, 0.15) is 17.5 Å². The van der Waals surface area contributed by atoms with Gasteiger partial charge in [-0.25, -0.2) is 0 Å². The molecule has 0 radical (unpaired) electrons. The van der Waals surface area contributed by atoms with Crippen LogP contribution in [0.25, 0.3) is 0 Å². The number of hydrogen-bond donors (Lipinski definition) is 1. The van der Waals surface area contributed by atoms with Crippen LogP contribution in [0.15, 0.2) is 30.6 Å². The van der Waals surface area contributed by atoms with Crippen molar-refractivity contribution in [3.8, 4) is 5.75 Å². The zero-order valence-corrected chi connectivity index (χ0v) is 12.6. The maximum absolute atomic E-state index is 13.1. The lowest BCUT2D eigenvalue weighted by molar-refractivity contribution is -0.137. The van der Waals surface area contributed by atoms with Crippen molar-refractivity contribution >= 4 is 11.6 Å². The molecule has 0 bridgehead atoms. The lowest BCUT2D eigenvalue weighted by Gasteiger charge is -2.15. The molecule has 2 rings (SSSR count). The second-order valence-electron chi connectivity index (χ2n) is 4.98. The first kappa shape index (κ1) is 16.9. The molecule has 8 heteroatoms. The van der Waals surface area contributed by atoms with E-state index < -0.39 is 17.6 Å². The van der Waals surface area contributed by atoms with Crippen LogP contribution >= 0.6 is 0 Å². The van der Waals surface area contributed by atoms with Crippen LogP contribution in [-0.2, 0) is 24.4 Å².